The van der Waals surface area contributed by atoms with Crippen LogP contribution in [0.2, 0.25) is 0 Å². The highest BCUT2D eigenvalue weighted by Gasteiger charge is 1.96. The quantitative estimate of drug-likeness (QED) is 0.751. The van der Waals surface area contributed by atoms with E-state index in [1.807, 2.05) is 54.6 Å². The van der Waals surface area contributed by atoms with Crippen LogP contribution in [0.4, 0.5) is 0 Å². The minimum atomic E-state index is 0.752. The molecule has 1 N–H and O–H groups in total. The van der Waals surface area contributed by atoms with E-state index in [9.17, 15) is 0 Å². The Morgan fingerprint density at radius 3 is 2.33 bits per heavy atom. The molecule has 0 radical (unpaired) electrons. The second kappa shape index (κ2) is 4.42. The number of ether oxygens (including phenoxy) is 1. The topological polar surface area (TPSA) is 33.1 Å². The van der Waals surface area contributed by atoms with E-state index >= 15 is 0 Å². The van der Waals surface area contributed by atoms with Crippen LogP contribution in [-0.2, 0) is 0 Å². The maximum atomic E-state index is 7.14. The molecule has 0 bridgehead atoms. The van der Waals surface area contributed by atoms with E-state index in [1.54, 1.807) is 0 Å². The second-order valence-electron chi connectivity index (χ2n) is 3.13. The molecule has 0 fully saturated rings. The Morgan fingerprint density at radius 2 is 1.60 bits per heavy atom. The summed E-state index contributed by atoms with van der Waals surface area (Å²) in [6, 6.07) is 17.0. The van der Waals surface area contributed by atoms with E-state index in [-0.39, 0.29) is 0 Å². The molecule has 0 amide bonds. The van der Waals surface area contributed by atoms with E-state index in [1.165, 1.54) is 6.21 Å². The average Bonchev–Trinajstić information content (AvgIpc) is 2.31. The normalized spacial score (nSPS) is 9.60. The van der Waals surface area contributed by atoms with Crippen molar-refractivity contribution in [1.82, 2.24) is 0 Å². The van der Waals surface area contributed by atoms with E-state index in [0.29, 0.717) is 0 Å². The molecule has 0 aliphatic rings. The molecule has 0 heterocycles. The predicted octanol–water partition coefficient (Wildman–Crippen LogP) is 3.48. The molecule has 15 heavy (non-hydrogen) atoms. The van der Waals surface area contributed by atoms with Gasteiger partial charge in [-0.25, -0.2) is 0 Å². The molecular weight excluding hydrogens is 186 g/mol. The Bertz CT molecular complexity index is 451. The maximum absolute atomic E-state index is 7.14. The summed E-state index contributed by atoms with van der Waals surface area (Å²) >= 11 is 0. The molecule has 2 aromatic rings. The monoisotopic (exact) mass is 197 g/mol. The first-order chi connectivity index (χ1) is 7.38. The highest BCUT2D eigenvalue weighted by atomic mass is 16.5. The Hall–Kier alpha value is -2.09. The van der Waals surface area contributed by atoms with Gasteiger partial charge in [0, 0.05) is 6.21 Å². The van der Waals surface area contributed by atoms with Crippen molar-refractivity contribution in [2.24, 2.45) is 0 Å². The maximum Gasteiger partial charge on any atom is 0.128 e. The first-order valence-corrected chi connectivity index (χ1v) is 4.72. The summed E-state index contributed by atoms with van der Waals surface area (Å²) < 4.78 is 5.62. The lowest BCUT2D eigenvalue weighted by Gasteiger charge is -2.05. The Labute approximate surface area is 88.7 Å². The van der Waals surface area contributed by atoms with Gasteiger partial charge >= 0.3 is 0 Å². The summed E-state index contributed by atoms with van der Waals surface area (Å²) in [6.45, 7) is 0. The van der Waals surface area contributed by atoms with Crippen molar-refractivity contribution in [3.8, 4) is 11.5 Å². The SMILES string of the molecule is N=Cc1cccc(Oc2ccccc2)c1. The van der Waals surface area contributed by atoms with Crippen molar-refractivity contribution in [1.29, 1.82) is 5.41 Å². The fourth-order valence-corrected chi connectivity index (χ4v) is 1.29. The van der Waals surface area contributed by atoms with Crippen LogP contribution in [0.15, 0.2) is 54.6 Å². The highest BCUT2D eigenvalue weighted by Crippen LogP contribution is 2.20. The molecule has 0 aromatic heterocycles. The van der Waals surface area contributed by atoms with Crippen molar-refractivity contribution in [3.05, 3.63) is 60.2 Å². The van der Waals surface area contributed by atoms with Gasteiger partial charge in [0.1, 0.15) is 11.5 Å². The average molecular weight is 197 g/mol. The van der Waals surface area contributed by atoms with Crippen molar-refractivity contribution in [2.45, 2.75) is 0 Å². The molecule has 0 atom stereocenters. The molecule has 0 spiro atoms. The third-order valence-corrected chi connectivity index (χ3v) is 2.00. The first kappa shape index (κ1) is 9.46. The van der Waals surface area contributed by atoms with Gasteiger partial charge in [0.2, 0.25) is 0 Å². The van der Waals surface area contributed by atoms with Crippen LogP contribution in [0, 0.1) is 5.41 Å². The van der Waals surface area contributed by atoms with Gasteiger partial charge < -0.3 is 10.1 Å². The van der Waals surface area contributed by atoms with Gasteiger partial charge in [-0.2, -0.15) is 0 Å². The summed E-state index contributed by atoms with van der Waals surface area (Å²) in [4.78, 5) is 0. The minimum Gasteiger partial charge on any atom is -0.457 e. The van der Waals surface area contributed by atoms with Crippen LogP contribution < -0.4 is 4.74 Å². The molecule has 2 heteroatoms. The third kappa shape index (κ3) is 2.44. The van der Waals surface area contributed by atoms with Gasteiger partial charge in [0.15, 0.2) is 0 Å². The standard InChI is InChI=1S/C13H11NO/c14-10-11-5-4-8-13(9-11)15-12-6-2-1-3-7-12/h1-10,14H. The summed E-state index contributed by atoms with van der Waals surface area (Å²) in [5.74, 6) is 1.56. The fourth-order valence-electron chi connectivity index (χ4n) is 1.29. The number of para-hydroxylation sites is 1. The fraction of sp³-hybridized carbons (Fsp3) is 0. The predicted molar refractivity (Wildman–Crippen MR) is 60.8 cm³/mol. The summed E-state index contributed by atoms with van der Waals surface area (Å²) in [6.07, 6.45) is 1.30. The number of hydrogen-bond donors (Lipinski definition) is 1. The van der Waals surface area contributed by atoms with Crippen LogP contribution in [0.3, 0.4) is 0 Å². The molecule has 0 aliphatic carbocycles. The molecular formula is C13H11NO. The Kier molecular flexibility index (Phi) is 2.79. The minimum absolute atomic E-state index is 0.752. The Morgan fingerprint density at radius 1 is 0.867 bits per heavy atom. The molecule has 0 aliphatic heterocycles. The molecule has 2 nitrogen and oxygen atoms in total. The zero-order chi connectivity index (χ0) is 10.5. The lowest BCUT2D eigenvalue weighted by molar-refractivity contribution is 0.482. The van der Waals surface area contributed by atoms with Crippen molar-refractivity contribution in [3.63, 3.8) is 0 Å². The number of rotatable bonds is 3. The van der Waals surface area contributed by atoms with E-state index in [4.69, 9.17) is 10.1 Å². The van der Waals surface area contributed by atoms with Gasteiger partial charge in [-0.3, -0.25) is 0 Å². The number of benzene rings is 2. The third-order valence-electron chi connectivity index (χ3n) is 2.00. The van der Waals surface area contributed by atoms with E-state index in [2.05, 4.69) is 0 Å². The number of hydrogen-bond acceptors (Lipinski definition) is 2. The van der Waals surface area contributed by atoms with Gasteiger partial charge in [0.25, 0.3) is 0 Å². The second-order valence-corrected chi connectivity index (χ2v) is 3.13. The van der Waals surface area contributed by atoms with Crippen molar-refractivity contribution in [2.75, 3.05) is 0 Å². The van der Waals surface area contributed by atoms with Crippen LogP contribution in [0.1, 0.15) is 5.56 Å². The van der Waals surface area contributed by atoms with Gasteiger partial charge in [0.05, 0.1) is 0 Å². The van der Waals surface area contributed by atoms with Crippen molar-refractivity contribution < 1.29 is 4.74 Å². The first-order valence-electron chi connectivity index (χ1n) is 4.72. The van der Waals surface area contributed by atoms with Gasteiger partial charge in [-0.05, 0) is 29.8 Å². The van der Waals surface area contributed by atoms with Crippen LogP contribution in [-0.4, -0.2) is 6.21 Å². The zero-order valence-electron chi connectivity index (χ0n) is 8.18. The Balaban J connectivity index is 2.21. The van der Waals surface area contributed by atoms with Crippen LogP contribution in [0.25, 0.3) is 0 Å². The van der Waals surface area contributed by atoms with Crippen molar-refractivity contribution >= 4 is 6.21 Å². The van der Waals surface area contributed by atoms with Crippen LogP contribution >= 0.6 is 0 Å². The lowest BCUT2D eigenvalue weighted by atomic mass is 10.2. The summed E-state index contributed by atoms with van der Waals surface area (Å²) in [5, 5.41) is 7.14. The molecule has 74 valence electrons. The smallest absolute Gasteiger partial charge is 0.128 e. The molecule has 0 saturated carbocycles. The van der Waals surface area contributed by atoms with E-state index < -0.39 is 0 Å². The van der Waals surface area contributed by atoms with E-state index in [0.717, 1.165) is 17.1 Å². The largest absolute Gasteiger partial charge is 0.457 e. The molecule has 0 unspecified atom stereocenters. The summed E-state index contributed by atoms with van der Waals surface area (Å²) in [7, 11) is 0. The lowest BCUT2D eigenvalue weighted by Crippen LogP contribution is -1.85. The van der Waals surface area contributed by atoms with Gasteiger partial charge in [-0.15, -0.1) is 0 Å². The molecule has 0 saturated heterocycles. The van der Waals surface area contributed by atoms with Gasteiger partial charge in [-0.1, -0.05) is 30.3 Å². The molecule has 2 rings (SSSR count). The summed E-state index contributed by atoms with van der Waals surface area (Å²) in [5.41, 5.74) is 0.837. The highest BCUT2D eigenvalue weighted by molar-refractivity contribution is 5.77. The molecule has 2 aromatic carbocycles. The van der Waals surface area contributed by atoms with Crippen LogP contribution in [0.5, 0.6) is 11.5 Å². The zero-order valence-corrected chi connectivity index (χ0v) is 8.18. The number of nitrogens with one attached hydrogen (secondary N) is 1.